The van der Waals surface area contributed by atoms with E-state index in [1.54, 1.807) is 0 Å². The molecule has 0 spiro atoms. The van der Waals surface area contributed by atoms with Gasteiger partial charge in [-0.25, -0.2) is 0 Å². The van der Waals surface area contributed by atoms with E-state index in [9.17, 15) is 5.21 Å². The third-order valence-corrected chi connectivity index (χ3v) is 2.48. The van der Waals surface area contributed by atoms with Crippen LogP contribution >= 0.6 is 0 Å². The van der Waals surface area contributed by atoms with Gasteiger partial charge in [0.15, 0.2) is 0 Å². The molecule has 2 atom stereocenters. The van der Waals surface area contributed by atoms with Crippen LogP contribution < -0.4 is 0 Å². The van der Waals surface area contributed by atoms with Gasteiger partial charge in [0.1, 0.15) is 19.2 Å². The monoisotopic (exact) mass is 173 g/mol. The average molecular weight is 173 g/mol. The number of nitrogens with zero attached hydrogens (tertiary/aromatic N) is 1. The van der Waals surface area contributed by atoms with Crippen LogP contribution in [0.1, 0.15) is 26.7 Å². The smallest absolute Gasteiger partial charge is 0.107 e. The summed E-state index contributed by atoms with van der Waals surface area (Å²) in [6.45, 7) is 6.83. The molecule has 72 valence electrons. The summed E-state index contributed by atoms with van der Waals surface area (Å²) in [6.07, 6.45) is 2.13. The van der Waals surface area contributed by atoms with E-state index in [1.807, 2.05) is 0 Å². The first kappa shape index (κ1) is 9.96. The first-order valence-electron chi connectivity index (χ1n) is 4.89. The summed E-state index contributed by atoms with van der Waals surface area (Å²) in [4.78, 5) is 0. The molecular formula is C9H19NO2. The summed E-state index contributed by atoms with van der Waals surface area (Å²) in [6, 6.07) is 0. The van der Waals surface area contributed by atoms with Crippen LogP contribution in [-0.2, 0) is 4.74 Å². The van der Waals surface area contributed by atoms with Gasteiger partial charge in [0.05, 0.1) is 13.2 Å². The van der Waals surface area contributed by atoms with E-state index in [1.165, 1.54) is 0 Å². The van der Waals surface area contributed by atoms with E-state index in [0.29, 0.717) is 19.7 Å². The van der Waals surface area contributed by atoms with E-state index < -0.39 is 0 Å². The maximum absolute atomic E-state index is 11.9. The van der Waals surface area contributed by atoms with Crippen LogP contribution in [0.4, 0.5) is 0 Å². The fourth-order valence-corrected chi connectivity index (χ4v) is 1.76. The van der Waals surface area contributed by atoms with Gasteiger partial charge in [-0.1, -0.05) is 13.8 Å². The summed E-state index contributed by atoms with van der Waals surface area (Å²) in [5, 5.41) is 11.9. The molecule has 1 saturated heterocycles. The minimum Gasteiger partial charge on any atom is -0.633 e. The molecule has 1 rings (SSSR count). The van der Waals surface area contributed by atoms with Gasteiger partial charge in [0, 0.05) is 0 Å². The molecule has 0 aromatic heterocycles. The van der Waals surface area contributed by atoms with Crippen molar-refractivity contribution in [3.8, 4) is 0 Å². The van der Waals surface area contributed by atoms with Gasteiger partial charge in [-0.2, -0.15) is 0 Å². The average Bonchev–Trinajstić information content (AvgIpc) is 2.04. The molecule has 0 radical (unpaired) electrons. The van der Waals surface area contributed by atoms with Gasteiger partial charge >= 0.3 is 0 Å². The van der Waals surface area contributed by atoms with Crippen LogP contribution in [0.15, 0.2) is 0 Å². The molecule has 0 aromatic rings. The molecule has 2 unspecified atom stereocenters. The van der Waals surface area contributed by atoms with Crippen LogP contribution in [0.5, 0.6) is 0 Å². The molecule has 1 aliphatic rings. The fourth-order valence-electron chi connectivity index (χ4n) is 1.76. The Morgan fingerprint density at radius 1 is 1.50 bits per heavy atom. The Kier molecular flexibility index (Phi) is 3.50. The van der Waals surface area contributed by atoms with E-state index in [2.05, 4.69) is 13.8 Å². The lowest BCUT2D eigenvalue weighted by molar-refractivity contribution is -0.892. The van der Waals surface area contributed by atoms with Gasteiger partial charge in [-0.15, -0.1) is 0 Å². The Morgan fingerprint density at radius 3 is 2.83 bits per heavy atom. The zero-order valence-electron chi connectivity index (χ0n) is 8.08. The number of hydroxylamine groups is 3. The van der Waals surface area contributed by atoms with Crippen molar-refractivity contribution in [3.05, 3.63) is 5.21 Å². The molecule has 3 nitrogen and oxygen atoms in total. The van der Waals surface area contributed by atoms with E-state index in [4.69, 9.17) is 4.74 Å². The molecule has 1 heterocycles. The van der Waals surface area contributed by atoms with Crippen molar-refractivity contribution in [1.82, 2.24) is 0 Å². The quantitative estimate of drug-likeness (QED) is 0.479. The predicted octanol–water partition coefficient (Wildman–Crippen LogP) is 1.52. The summed E-state index contributed by atoms with van der Waals surface area (Å²) in [5.41, 5.74) is 0. The summed E-state index contributed by atoms with van der Waals surface area (Å²) >= 11 is 0. The molecule has 0 bridgehead atoms. The standard InChI is InChI=1S/C9H19NO2/c1-3-5-10(11)6-7-12-9(4-2)8-10/h9H,3-8H2,1-2H3. The highest BCUT2D eigenvalue weighted by Gasteiger charge is 2.26. The van der Waals surface area contributed by atoms with Crippen LogP contribution in [0.25, 0.3) is 0 Å². The van der Waals surface area contributed by atoms with E-state index >= 15 is 0 Å². The number of ether oxygens (including phenoxy) is 1. The van der Waals surface area contributed by atoms with E-state index in [-0.39, 0.29) is 10.8 Å². The highest BCUT2D eigenvalue weighted by atomic mass is 16.6. The van der Waals surface area contributed by atoms with Gasteiger partial charge < -0.3 is 14.6 Å². The lowest BCUT2D eigenvalue weighted by atomic mass is 10.2. The van der Waals surface area contributed by atoms with Crippen molar-refractivity contribution in [3.63, 3.8) is 0 Å². The van der Waals surface area contributed by atoms with Crippen LogP contribution in [0, 0.1) is 5.21 Å². The number of hydrogen-bond donors (Lipinski definition) is 0. The van der Waals surface area contributed by atoms with Crippen LogP contribution in [0.2, 0.25) is 0 Å². The van der Waals surface area contributed by atoms with Crippen LogP contribution in [0.3, 0.4) is 0 Å². The third kappa shape index (κ3) is 2.44. The fraction of sp³-hybridized carbons (Fsp3) is 1.00. The second-order valence-corrected chi connectivity index (χ2v) is 3.59. The van der Waals surface area contributed by atoms with Crippen molar-refractivity contribution in [2.75, 3.05) is 26.2 Å². The van der Waals surface area contributed by atoms with Crippen molar-refractivity contribution in [2.45, 2.75) is 32.8 Å². The maximum Gasteiger partial charge on any atom is 0.107 e. The Hall–Kier alpha value is -0.120. The molecule has 0 aromatic carbocycles. The van der Waals surface area contributed by atoms with E-state index in [0.717, 1.165) is 19.4 Å². The zero-order chi connectivity index (χ0) is 9.03. The highest BCUT2D eigenvalue weighted by molar-refractivity contribution is 4.61. The summed E-state index contributed by atoms with van der Waals surface area (Å²) in [7, 11) is 0. The molecule has 1 fully saturated rings. The van der Waals surface area contributed by atoms with Gasteiger partial charge in [-0.05, 0) is 12.8 Å². The summed E-state index contributed by atoms with van der Waals surface area (Å²) < 4.78 is 5.42. The minimum atomic E-state index is -0.0327. The molecule has 3 heteroatoms. The predicted molar refractivity (Wildman–Crippen MR) is 48.6 cm³/mol. The van der Waals surface area contributed by atoms with Gasteiger partial charge in [-0.3, -0.25) is 0 Å². The topological polar surface area (TPSA) is 32.3 Å². The minimum absolute atomic E-state index is 0.0327. The second kappa shape index (κ2) is 4.21. The third-order valence-electron chi connectivity index (χ3n) is 2.48. The first-order valence-corrected chi connectivity index (χ1v) is 4.89. The SMILES string of the molecule is CCC[N+]1([O-])CCOC(CC)C1. The number of hydrogen-bond acceptors (Lipinski definition) is 2. The lowest BCUT2D eigenvalue weighted by Gasteiger charge is -2.47. The Balaban J connectivity index is 2.43. The number of morpholine rings is 1. The van der Waals surface area contributed by atoms with Crippen molar-refractivity contribution < 1.29 is 9.38 Å². The largest absolute Gasteiger partial charge is 0.633 e. The Labute approximate surface area is 74.5 Å². The molecule has 12 heavy (non-hydrogen) atoms. The first-order chi connectivity index (χ1) is 5.70. The lowest BCUT2D eigenvalue weighted by Crippen LogP contribution is -2.54. The number of rotatable bonds is 3. The van der Waals surface area contributed by atoms with Crippen molar-refractivity contribution in [2.24, 2.45) is 0 Å². The van der Waals surface area contributed by atoms with Crippen molar-refractivity contribution in [1.29, 1.82) is 0 Å². The highest BCUT2D eigenvalue weighted by Crippen LogP contribution is 2.16. The molecule has 1 aliphatic heterocycles. The molecule has 0 aliphatic carbocycles. The van der Waals surface area contributed by atoms with Gasteiger partial charge in [0.25, 0.3) is 0 Å². The Morgan fingerprint density at radius 2 is 2.25 bits per heavy atom. The second-order valence-electron chi connectivity index (χ2n) is 3.59. The molecule has 0 amide bonds. The molecule has 0 saturated carbocycles. The zero-order valence-corrected chi connectivity index (χ0v) is 8.08. The molecular weight excluding hydrogens is 154 g/mol. The summed E-state index contributed by atoms with van der Waals surface area (Å²) in [5.74, 6) is 0. The van der Waals surface area contributed by atoms with Crippen molar-refractivity contribution >= 4 is 0 Å². The van der Waals surface area contributed by atoms with Crippen LogP contribution in [-0.4, -0.2) is 37.0 Å². The van der Waals surface area contributed by atoms with Gasteiger partial charge in [0.2, 0.25) is 0 Å². The normalized spacial score (nSPS) is 36.8. The Bertz CT molecular complexity index is 136. The maximum atomic E-state index is 11.9. The number of quaternary nitrogens is 1. The molecule has 0 N–H and O–H groups in total.